The molecular formula is C23H23ClF4N4O3. The Morgan fingerprint density at radius 3 is 2.23 bits per heavy atom. The van der Waals surface area contributed by atoms with Crippen molar-refractivity contribution in [2.24, 2.45) is 0 Å². The highest BCUT2D eigenvalue weighted by Crippen LogP contribution is 2.23. The number of carboxylic acid groups (broad SMARTS) is 1. The molecule has 12 heteroatoms. The van der Waals surface area contributed by atoms with Gasteiger partial charge >= 0.3 is 12.1 Å². The van der Waals surface area contributed by atoms with Crippen molar-refractivity contribution in [1.82, 2.24) is 5.32 Å². The average molecular weight is 515 g/mol. The molecule has 2 aromatic carbocycles. The topological polar surface area (TPSA) is 105 Å². The molecule has 7 nitrogen and oxygen atoms in total. The van der Waals surface area contributed by atoms with Crippen LogP contribution in [0.3, 0.4) is 0 Å². The van der Waals surface area contributed by atoms with E-state index in [0.717, 1.165) is 31.6 Å². The number of nitrogens with zero attached hydrogens (tertiary/aromatic N) is 2. The second-order valence-electron chi connectivity index (χ2n) is 7.72. The number of nitrogens with one attached hydrogen (secondary N) is 2. The Hall–Kier alpha value is -3.36. The first-order valence-corrected chi connectivity index (χ1v) is 10.9. The normalized spacial score (nSPS) is 14.8. The van der Waals surface area contributed by atoms with Gasteiger partial charge in [-0.2, -0.15) is 18.4 Å². The van der Waals surface area contributed by atoms with Crippen LogP contribution in [0.4, 0.5) is 28.9 Å². The Morgan fingerprint density at radius 1 is 1.17 bits per heavy atom. The molecule has 3 N–H and O–H groups in total. The van der Waals surface area contributed by atoms with Gasteiger partial charge in [0.2, 0.25) is 5.91 Å². The standard InChI is InChI=1S/C21H22ClFN4O.C2HF3O2/c1-14(21(28)26-20-7-4-16(23)12-19(20)22)25-17-8-10-27(11-9-17)18-5-2-15(13-24)3-6-18;3-2(4,5)1(6)7/h2-7,12,14,17,25H,8-11H2,1H3,(H,26,28);(H,6,7). The van der Waals surface area contributed by atoms with E-state index in [1.807, 2.05) is 24.3 Å². The van der Waals surface area contributed by atoms with E-state index in [1.165, 1.54) is 18.2 Å². The fourth-order valence-electron chi connectivity index (χ4n) is 3.31. The van der Waals surface area contributed by atoms with Crippen molar-refractivity contribution in [2.75, 3.05) is 23.3 Å². The number of hydrogen-bond acceptors (Lipinski definition) is 5. The molecule has 1 heterocycles. The third kappa shape index (κ3) is 8.73. The quantitative estimate of drug-likeness (QED) is 0.505. The van der Waals surface area contributed by atoms with Crippen molar-refractivity contribution < 1.29 is 32.3 Å². The third-order valence-electron chi connectivity index (χ3n) is 5.17. The van der Waals surface area contributed by atoms with E-state index in [-0.39, 0.29) is 17.0 Å². The van der Waals surface area contributed by atoms with Gasteiger partial charge < -0.3 is 20.6 Å². The number of aliphatic carboxylic acids is 1. The fourth-order valence-corrected chi connectivity index (χ4v) is 3.53. The molecule has 1 atom stereocenters. The minimum atomic E-state index is -5.08. The summed E-state index contributed by atoms with van der Waals surface area (Å²) in [6.07, 6.45) is -3.26. The lowest BCUT2D eigenvalue weighted by Crippen LogP contribution is -2.49. The van der Waals surface area contributed by atoms with Crippen LogP contribution in [-0.2, 0) is 9.59 Å². The second kappa shape index (κ2) is 12.4. The first-order valence-electron chi connectivity index (χ1n) is 10.5. The van der Waals surface area contributed by atoms with Crippen LogP contribution in [0.15, 0.2) is 42.5 Å². The van der Waals surface area contributed by atoms with Crippen molar-refractivity contribution in [1.29, 1.82) is 5.26 Å². The van der Waals surface area contributed by atoms with E-state index < -0.39 is 24.0 Å². The summed E-state index contributed by atoms with van der Waals surface area (Å²) < 4.78 is 44.9. The molecule has 35 heavy (non-hydrogen) atoms. The van der Waals surface area contributed by atoms with Crippen molar-refractivity contribution in [2.45, 2.75) is 38.0 Å². The summed E-state index contributed by atoms with van der Waals surface area (Å²) in [5.41, 5.74) is 2.16. The molecule has 0 bridgehead atoms. The van der Waals surface area contributed by atoms with Gasteiger partial charge in [0, 0.05) is 24.8 Å². The molecule has 1 unspecified atom stereocenters. The van der Waals surface area contributed by atoms with Crippen LogP contribution in [0, 0.1) is 17.1 Å². The maximum absolute atomic E-state index is 13.1. The van der Waals surface area contributed by atoms with Crippen LogP contribution < -0.4 is 15.5 Å². The Balaban J connectivity index is 0.000000540. The average Bonchev–Trinajstić information content (AvgIpc) is 2.81. The monoisotopic (exact) mass is 514 g/mol. The van der Waals surface area contributed by atoms with Crippen molar-refractivity contribution >= 4 is 34.9 Å². The lowest BCUT2D eigenvalue weighted by Gasteiger charge is -2.35. The lowest BCUT2D eigenvalue weighted by atomic mass is 10.0. The molecule has 0 aliphatic carbocycles. The molecular weight excluding hydrogens is 492 g/mol. The molecule has 0 radical (unpaired) electrons. The van der Waals surface area contributed by atoms with Crippen molar-refractivity contribution in [3.8, 4) is 6.07 Å². The summed E-state index contributed by atoms with van der Waals surface area (Å²) in [6.45, 7) is 3.56. The van der Waals surface area contributed by atoms with Crippen LogP contribution in [0.2, 0.25) is 5.02 Å². The highest BCUT2D eigenvalue weighted by Gasteiger charge is 2.38. The zero-order valence-electron chi connectivity index (χ0n) is 18.6. The van der Waals surface area contributed by atoms with E-state index in [1.54, 1.807) is 6.92 Å². The van der Waals surface area contributed by atoms with E-state index in [4.69, 9.17) is 26.8 Å². The molecule has 1 aliphatic rings. The largest absolute Gasteiger partial charge is 0.490 e. The Labute approximate surface area is 204 Å². The number of rotatable bonds is 5. The Morgan fingerprint density at radius 2 is 1.74 bits per heavy atom. The summed E-state index contributed by atoms with van der Waals surface area (Å²) in [5.74, 6) is -3.40. The van der Waals surface area contributed by atoms with Crippen LogP contribution >= 0.6 is 11.6 Å². The molecule has 1 saturated heterocycles. The van der Waals surface area contributed by atoms with Gasteiger partial charge in [-0.05, 0) is 62.2 Å². The van der Waals surface area contributed by atoms with Gasteiger partial charge in [-0.15, -0.1) is 0 Å². The number of halogens is 5. The predicted octanol–water partition coefficient (Wildman–Crippen LogP) is 4.57. The highest BCUT2D eigenvalue weighted by atomic mass is 35.5. The van der Waals surface area contributed by atoms with Crippen molar-refractivity contribution in [3.05, 3.63) is 58.9 Å². The number of carboxylic acids is 1. The van der Waals surface area contributed by atoms with Gasteiger partial charge in [0.25, 0.3) is 0 Å². The zero-order chi connectivity index (χ0) is 26.2. The molecule has 0 spiro atoms. The molecule has 0 aromatic heterocycles. The molecule has 0 saturated carbocycles. The first-order chi connectivity index (χ1) is 16.4. The van der Waals surface area contributed by atoms with Crippen LogP contribution in [0.25, 0.3) is 0 Å². The van der Waals surface area contributed by atoms with Crippen LogP contribution in [0.1, 0.15) is 25.3 Å². The summed E-state index contributed by atoms with van der Waals surface area (Å²) in [7, 11) is 0. The number of piperidine rings is 1. The van der Waals surface area contributed by atoms with Gasteiger partial charge in [-0.25, -0.2) is 9.18 Å². The maximum atomic E-state index is 13.1. The van der Waals surface area contributed by atoms with Gasteiger partial charge in [0.15, 0.2) is 0 Å². The van der Waals surface area contributed by atoms with Gasteiger partial charge in [0.1, 0.15) is 5.82 Å². The number of benzene rings is 2. The van der Waals surface area contributed by atoms with Crippen LogP contribution in [0.5, 0.6) is 0 Å². The number of nitriles is 1. The number of hydrogen-bond donors (Lipinski definition) is 3. The zero-order valence-corrected chi connectivity index (χ0v) is 19.3. The number of amides is 1. The Kier molecular flexibility index (Phi) is 9.86. The van der Waals surface area contributed by atoms with E-state index >= 15 is 0 Å². The predicted molar refractivity (Wildman–Crippen MR) is 123 cm³/mol. The second-order valence-corrected chi connectivity index (χ2v) is 8.13. The van der Waals surface area contributed by atoms with Gasteiger partial charge in [-0.3, -0.25) is 4.79 Å². The lowest BCUT2D eigenvalue weighted by molar-refractivity contribution is -0.192. The third-order valence-corrected chi connectivity index (χ3v) is 5.48. The molecule has 1 fully saturated rings. The minimum absolute atomic E-state index is 0.177. The summed E-state index contributed by atoms with van der Waals surface area (Å²) in [6, 6.07) is 13.4. The molecule has 3 rings (SSSR count). The molecule has 188 valence electrons. The number of carbonyl (C=O) groups excluding carboxylic acids is 1. The maximum Gasteiger partial charge on any atom is 0.490 e. The molecule has 1 amide bonds. The van der Waals surface area contributed by atoms with E-state index in [2.05, 4.69) is 21.6 Å². The van der Waals surface area contributed by atoms with Crippen molar-refractivity contribution in [3.63, 3.8) is 0 Å². The minimum Gasteiger partial charge on any atom is -0.475 e. The van der Waals surface area contributed by atoms with E-state index in [0.29, 0.717) is 11.3 Å². The first kappa shape index (κ1) is 27.9. The van der Waals surface area contributed by atoms with Crippen LogP contribution in [-0.4, -0.2) is 48.3 Å². The fraction of sp³-hybridized carbons (Fsp3) is 0.348. The summed E-state index contributed by atoms with van der Waals surface area (Å²) in [5, 5.41) is 22.3. The number of alkyl halides is 3. The van der Waals surface area contributed by atoms with Gasteiger partial charge in [-0.1, -0.05) is 11.6 Å². The SMILES string of the molecule is CC(NC1CCN(c2ccc(C#N)cc2)CC1)C(=O)Nc1ccc(F)cc1Cl.O=C(O)C(F)(F)F. The molecule has 1 aliphatic heterocycles. The molecule has 2 aromatic rings. The summed E-state index contributed by atoms with van der Waals surface area (Å²) in [4.78, 5) is 23.6. The Bertz CT molecular complexity index is 1070. The smallest absolute Gasteiger partial charge is 0.475 e. The highest BCUT2D eigenvalue weighted by molar-refractivity contribution is 6.33. The summed E-state index contributed by atoms with van der Waals surface area (Å²) >= 11 is 5.97. The number of carbonyl (C=O) groups is 2. The van der Waals surface area contributed by atoms with Gasteiger partial charge in [0.05, 0.1) is 28.4 Å². The number of anilines is 2. The van der Waals surface area contributed by atoms with E-state index in [9.17, 15) is 22.4 Å².